The van der Waals surface area contributed by atoms with Crippen LogP contribution in [0.2, 0.25) is 0 Å². The van der Waals surface area contributed by atoms with Gasteiger partial charge in [-0.1, -0.05) is 0 Å². The Morgan fingerprint density at radius 3 is 2.29 bits per heavy atom. The van der Waals surface area contributed by atoms with E-state index in [0.29, 0.717) is 25.1 Å². The number of amidine groups is 1. The Hall–Kier alpha value is -2.50. The van der Waals surface area contributed by atoms with Crippen molar-refractivity contribution in [3.63, 3.8) is 0 Å². The van der Waals surface area contributed by atoms with Crippen molar-refractivity contribution in [2.45, 2.75) is 32.2 Å². The van der Waals surface area contributed by atoms with E-state index in [4.69, 9.17) is 0 Å². The molecule has 1 aromatic carbocycles. The molecule has 0 bridgehead atoms. The number of rotatable bonds is 1. The van der Waals surface area contributed by atoms with Gasteiger partial charge < -0.3 is 0 Å². The van der Waals surface area contributed by atoms with Crippen LogP contribution in [-0.2, 0) is 20.9 Å². The first kappa shape index (κ1) is 12.3. The smallest absolute Gasteiger partial charge is 0.234 e. The summed E-state index contributed by atoms with van der Waals surface area (Å²) in [6, 6.07) is 5.33. The van der Waals surface area contributed by atoms with Crippen molar-refractivity contribution < 1.29 is 14.4 Å². The molecule has 1 aromatic rings. The van der Waals surface area contributed by atoms with Crippen LogP contribution < -0.4 is 9.80 Å². The minimum absolute atomic E-state index is 0.0516. The molecule has 3 amide bonds. The van der Waals surface area contributed by atoms with Gasteiger partial charge in [-0.2, -0.15) is 0 Å². The van der Waals surface area contributed by atoms with Gasteiger partial charge in [0.2, 0.25) is 17.7 Å². The molecule has 3 aliphatic rings. The lowest BCUT2D eigenvalue weighted by Gasteiger charge is -2.26. The first-order valence-electron chi connectivity index (χ1n) is 7.00. The fourth-order valence-corrected chi connectivity index (χ4v) is 3.11. The van der Waals surface area contributed by atoms with Crippen LogP contribution in [0.5, 0.6) is 0 Å². The molecule has 0 N–H and O–H groups in total. The topological polar surface area (TPSA) is 70.0 Å². The number of fused-ring (bicyclic) bond motifs is 3. The molecular weight excluding hydrogens is 270 g/mol. The quantitative estimate of drug-likeness (QED) is 0.731. The van der Waals surface area contributed by atoms with Crippen LogP contribution in [0.15, 0.2) is 23.2 Å². The number of aliphatic imine (C=N–C) groups is 1. The maximum atomic E-state index is 11.9. The average Bonchev–Trinajstić information content (AvgIpc) is 3.02. The number of carbonyl (C=O) groups excluding carboxylic acids is 3. The van der Waals surface area contributed by atoms with Crippen molar-refractivity contribution in [1.29, 1.82) is 0 Å². The number of benzene rings is 1. The van der Waals surface area contributed by atoms with Crippen LogP contribution in [0.1, 0.15) is 31.2 Å². The molecule has 0 saturated carbocycles. The lowest BCUT2D eigenvalue weighted by molar-refractivity contribution is -0.121. The molecule has 0 atom stereocenters. The Bertz CT molecular complexity index is 707. The summed E-state index contributed by atoms with van der Waals surface area (Å²) in [6.45, 7) is 0.485. The van der Waals surface area contributed by atoms with Gasteiger partial charge in [0.1, 0.15) is 5.84 Å². The number of imide groups is 1. The summed E-state index contributed by atoms with van der Waals surface area (Å²) in [5.74, 6) is 0.527. The van der Waals surface area contributed by atoms with Gasteiger partial charge in [0.25, 0.3) is 0 Å². The van der Waals surface area contributed by atoms with E-state index in [1.807, 2.05) is 0 Å². The Balaban J connectivity index is 1.76. The second-order valence-electron chi connectivity index (χ2n) is 5.40. The monoisotopic (exact) mass is 283 g/mol. The van der Waals surface area contributed by atoms with Crippen molar-refractivity contribution in [1.82, 2.24) is 0 Å². The van der Waals surface area contributed by atoms with Crippen LogP contribution in [0.4, 0.5) is 11.4 Å². The first-order valence-corrected chi connectivity index (χ1v) is 7.00. The number of nitrogens with zero attached hydrogens (tertiary/aromatic N) is 3. The fourth-order valence-electron chi connectivity index (χ4n) is 3.11. The summed E-state index contributed by atoms with van der Waals surface area (Å²) in [6.07, 6.45) is 1.71. The number of amides is 3. The third-order valence-corrected chi connectivity index (χ3v) is 4.12. The van der Waals surface area contributed by atoms with Crippen molar-refractivity contribution in [3.8, 4) is 0 Å². The first-order chi connectivity index (χ1) is 10.1. The highest BCUT2D eigenvalue weighted by Gasteiger charge is 2.34. The van der Waals surface area contributed by atoms with E-state index >= 15 is 0 Å². The van der Waals surface area contributed by atoms with E-state index in [9.17, 15) is 14.4 Å². The van der Waals surface area contributed by atoms with Gasteiger partial charge in [-0.3, -0.25) is 29.2 Å². The zero-order valence-corrected chi connectivity index (χ0v) is 11.3. The summed E-state index contributed by atoms with van der Waals surface area (Å²) in [4.78, 5) is 42.8. The molecule has 3 aliphatic heterocycles. The van der Waals surface area contributed by atoms with E-state index in [-0.39, 0.29) is 30.6 Å². The van der Waals surface area contributed by atoms with Crippen molar-refractivity contribution >= 4 is 34.9 Å². The third kappa shape index (κ3) is 1.72. The highest BCUT2D eigenvalue weighted by Crippen LogP contribution is 2.35. The lowest BCUT2D eigenvalue weighted by atomic mass is 10.1. The molecule has 2 saturated heterocycles. The van der Waals surface area contributed by atoms with Crippen molar-refractivity contribution in [3.05, 3.63) is 23.8 Å². The molecule has 3 heterocycles. The minimum atomic E-state index is -0.169. The predicted molar refractivity (Wildman–Crippen MR) is 76.0 cm³/mol. The van der Waals surface area contributed by atoms with E-state index in [2.05, 4.69) is 4.99 Å². The number of carbonyl (C=O) groups is 3. The third-order valence-electron chi connectivity index (χ3n) is 4.12. The van der Waals surface area contributed by atoms with E-state index < -0.39 is 0 Å². The highest BCUT2D eigenvalue weighted by molar-refractivity contribution is 6.23. The predicted octanol–water partition coefficient (Wildman–Crippen LogP) is 1.38. The molecular formula is C15H13N3O3. The standard InChI is InChI=1S/C15H13N3O3/c19-13-5-6-14(20)17(13)10-1-2-11-9(7-10)8-16-12-3-4-15(21)18(11)12/h1-2,7H,3-6,8H2. The van der Waals surface area contributed by atoms with Crippen molar-refractivity contribution in [2.75, 3.05) is 9.80 Å². The van der Waals surface area contributed by atoms with Crippen LogP contribution in [0.25, 0.3) is 0 Å². The van der Waals surface area contributed by atoms with Gasteiger partial charge in [-0.05, 0) is 23.8 Å². The minimum Gasteiger partial charge on any atom is -0.274 e. The Kier molecular flexibility index (Phi) is 2.48. The number of hydrogen-bond acceptors (Lipinski definition) is 4. The summed E-state index contributed by atoms with van der Waals surface area (Å²) in [5.41, 5.74) is 2.27. The average molecular weight is 283 g/mol. The highest BCUT2D eigenvalue weighted by atomic mass is 16.2. The molecule has 21 heavy (non-hydrogen) atoms. The number of anilines is 2. The Morgan fingerprint density at radius 1 is 0.857 bits per heavy atom. The second kappa shape index (κ2) is 4.25. The summed E-state index contributed by atoms with van der Waals surface area (Å²) >= 11 is 0. The molecule has 4 rings (SSSR count). The van der Waals surface area contributed by atoms with Gasteiger partial charge >= 0.3 is 0 Å². The van der Waals surface area contributed by atoms with E-state index in [1.165, 1.54) is 4.90 Å². The van der Waals surface area contributed by atoms with Crippen LogP contribution in [0.3, 0.4) is 0 Å². The molecule has 0 unspecified atom stereocenters. The van der Waals surface area contributed by atoms with Gasteiger partial charge in [-0.25, -0.2) is 0 Å². The summed E-state index contributed by atoms with van der Waals surface area (Å²) in [5, 5.41) is 0. The molecule has 2 fully saturated rings. The van der Waals surface area contributed by atoms with Gasteiger partial charge in [-0.15, -0.1) is 0 Å². The van der Waals surface area contributed by atoms with Gasteiger partial charge in [0, 0.05) is 25.7 Å². The summed E-state index contributed by atoms with van der Waals surface area (Å²) < 4.78 is 0. The van der Waals surface area contributed by atoms with E-state index in [0.717, 1.165) is 17.1 Å². The van der Waals surface area contributed by atoms with E-state index in [1.54, 1.807) is 23.1 Å². The summed E-state index contributed by atoms with van der Waals surface area (Å²) in [7, 11) is 0. The largest absolute Gasteiger partial charge is 0.274 e. The molecule has 106 valence electrons. The van der Waals surface area contributed by atoms with Crippen LogP contribution in [0, 0.1) is 0 Å². The maximum absolute atomic E-state index is 11.9. The molecule has 0 spiro atoms. The zero-order valence-electron chi connectivity index (χ0n) is 11.3. The molecule has 0 aromatic heterocycles. The second-order valence-corrected chi connectivity index (χ2v) is 5.40. The van der Waals surface area contributed by atoms with Gasteiger partial charge in [0.05, 0.1) is 17.9 Å². The van der Waals surface area contributed by atoms with Crippen LogP contribution in [-0.4, -0.2) is 23.6 Å². The molecule has 6 nitrogen and oxygen atoms in total. The SMILES string of the molecule is O=C1CCC(=O)N1c1ccc2c(c1)CN=C1CCC(=O)N12. The Morgan fingerprint density at radius 2 is 1.52 bits per heavy atom. The molecule has 0 radical (unpaired) electrons. The molecule has 0 aliphatic carbocycles. The lowest BCUT2D eigenvalue weighted by Crippen LogP contribution is -2.33. The fraction of sp³-hybridized carbons (Fsp3) is 0.333. The van der Waals surface area contributed by atoms with Gasteiger partial charge in [0.15, 0.2) is 0 Å². The Labute approximate surface area is 121 Å². The maximum Gasteiger partial charge on any atom is 0.234 e. The normalized spacial score (nSPS) is 20.8. The van der Waals surface area contributed by atoms with Crippen LogP contribution >= 0.6 is 0 Å². The van der Waals surface area contributed by atoms with Crippen molar-refractivity contribution in [2.24, 2.45) is 4.99 Å². The molecule has 6 heteroatoms. The number of hydrogen-bond donors (Lipinski definition) is 0. The zero-order chi connectivity index (χ0) is 14.6.